The van der Waals surface area contributed by atoms with Crippen molar-refractivity contribution in [3.8, 4) is 0 Å². The van der Waals surface area contributed by atoms with Gasteiger partial charge < -0.3 is 9.47 Å². The van der Waals surface area contributed by atoms with Gasteiger partial charge in [-0.15, -0.1) is 0 Å². The maximum atomic E-state index is 11.4. The van der Waals surface area contributed by atoms with Crippen molar-refractivity contribution >= 4 is 5.97 Å². The summed E-state index contributed by atoms with van der Waals surface area (Å²) in [6, 6.07) is 0.222. The van der Waals surface area contributed by atoms with Crippen molar-refractivity contribution in [1.29, 1.82) is 0 Å². The highest BCUT2D eigenvalue weighted by Gasteiger charge is 2.29. The van der Waals surface area contributed by atoms with Crippen LogP contribution >= 0.6 is 0 Å². The van der Waals surface area contributed by atoms with E-state index in [1.165, 1.54) is 20.0 Å². The highest BCUT2D eigenvalue weighted by atomic mass is 16.5. The second-order valence-electron chi connectivity index (χ2n) is 4.50. The van der Waals surface area contributed by atoms with E-state index in [0.717, 1.165) is 25.4 Å². The van der Waals surface area contributed by atoms with Gasteiger partial charge in [0.15, 0.2) is 0 Å². The highest BCUT2D eigenvalue weighted by molar-refractivity contribution is 5.75. The summed E-state index contributed by atoms with van der Waals surface area (Å²) in [4.78, 5) is 11.4. The van der Waals surface area contributed by atoms with Crippen LogP contribution in [0.3, 0.4) is 0 Å². The Hall–Kier alpha value is -0.610. The Labute approximate surface area is 90.3 Å². The van der Waals surface area contributed by atoms with E-state index in [0.29, 0.717) is 12.6 Å². The molecule has 0 bridgehead atoms. The Balaban J connectivity index is 1.67. The number of nitrogens with one attached hydrogen (secondary N) is 1. The van der Waals surface area contributed by atoms with Crippen molar-refractivity contribution in [3.05, 3.63) is 0 Å². The summed E-state index contributed by atoms with van der Waals surface area (Å²) in [6.45, 7) is 1.24. The molecule has 0 aromatic heterocycles. The Morgan fingerprint density at radius 1 is 1.40 bits per heavy atom. The molecule has 0 aliphatic heterocycles. The zero-order valence-electron chi connectivity index (χ0n) is 9.20. The van der Waals surface area contributed by atoms with Crippen molar-refractivity contribution in [2.45, 2.75) is 37.8 Å². The summed E-state index contributed by atoms with van der Waals surface area (Å²) in [6.07, 6.45) is 4.88. The largest absolute Gasteiger partial charge is 0.468 e. The zero-order valence-corrected chi connectivity index (χ0v) is 9.20. The number of carbonyl (C=O) groups excluding carboxylic acids is 1. The third kappa shape index (κ3) is 3.80. The van der Waals surface area contributed by atoms with E-state index in [4.69, 9.17) is 9.47 Å². The third-order valence-electron chi connectivity index (χ3n) is 2.83. The molecule has 15 heavy (non-hydrogen) atoms. The van der Waals surface area contributed by atoms with Crippen LogP contribution in [0.15, 0.2) is 0 Å². The molecule has 0 radical (unpaired) electrons. The fraction of sp³-hybridized carbons (Fsp3) is 0.909. The standard InChI is InChI=1S/C11H19NO3/c1-14-11(13)10(12-9-4-5-9)7-15-6-8-2-3-8/h8-10,12H,2-7H2,1H3. The molecular formula is C11H19NO3. The first-order valence-electron chi connectivity index (χ1n) is 5.71. The summed E-state index contributed by atoms with van der Waals surface area (Å²) in [5.41, 5.74) is 0. The number of hydrogen-bond donors (Lipinski definition) is 1. The maximum Gasteiger partial charge on any atom is 0.325 e. The summed E-state index contributed by atoms with van der Waals surface area (Å²) < 4.78 is 10.2. The molecule has 0 aromatic rings. The first kappa shape index (κ1) is 10.9. The lowest BCUT2D eigenvalue weighted by Crippen LogP contribution is -2.42. The van der Waals surface area contributed by atoms with Crippen LogP contribution in [0.5, 0.6) is 0 Å². The molecule has 1 atom stereocenters. The number of rotatable bonds is 7. The van der Waals surface area contributed by atoms with E-state index in [2.05, 4.69) is 5.32 Å². The summed E-state index contributed by atoms with van der Waals surface area (Å²) in [7, 11) is 1.42. The quantitative estimate of drug-likeness (QED) is 0.633. The number of ether oxygens (including phenoxy) is 2. The average Bonchev–Trinajstić information content (AvgIpc) is 3.09. The van der Waals surface area contributed by atoms with Gasteiger partial charge in [0.05, 0.1) is 13.7 Å². The fourth-order valence-electron chi connectivity index (χ4n) is 1.50. The van der Waals surface area contributed by atoms with Crippen molar-refractivity contribution in [2.75, 3.05) is 20.3 Å². The van der Waals surface area contributed by atoms with Gasteiger partial charge in [-0.2, -0.15) is 0 Å². The van der Waals surface area contributed by atoms with E-state index < -0.39 is 0 Å². The first-order chi connectivity index (χ1) is 7.29. The molecule has 1 N–H and O–H groups in total. The van der Waals surface area contributed by atoms with Gasteiger partial charge in [0.1, 0.15) is 6.04 Å². The molecule has 0 amide bonds. The minimum Gasteiger partial charge on any atom is -0.468 e. The Morgan fingerprint density at radius 2 is 2.13 bits per heavy atom. The number of hydrogen-bond acceptors (Lipinski definition) is 4. The van der Waals surface area contributed by atoms with Gasteiger partial charge in [-0.3, -0.25) is 10.1 Å². The van der Waals surface area contributed by atoms with Crippen LogP contribution < -0.4 is 5.32 Å². The van der Waals surface area contributed by atoms with Gasteiger partial charge in [0.2, 0.25) is 0 Å². The van der Waals surface area contributed by atoms with Gasteiger partial charge >= 0.3 is 5.97 Å². The molecule has 2 aliphatic rings. The second-order valence-corrected chi connectivity index (χ2v) is 4.50. The Morgan fingerprint density at radius 3 is 2.67 bits per heavy atom. The molecule has 2 saturated carbocycles. The lowest BCUT2D eigenvalue weighted by molar-refractivity contribution is -0.144. The number of methoxy groups -OCH3 is 1. The number of carbonyl (C=O) groups is 1. The second kappa shape index (κ2) is 4.94. The van der Waals surface area contributed by atoms with Gasteiger partial charge in [-0.05, 0) is 31.6 Å². The molecular weight excluding hydrogens is 194 g/mol. The summed E-state index contributed by atoms with van der Waals surface area (Å²) >= 11 is 0. The van der Waals surface area contributed by atoms with E-state index in [9.17, 15) is 4.79 Å². The third-order valence-corrected chi connectivity index (χ3v) is 2.83. The lowest BCUT2D eigenvalue weighted by atomic mass is 10.3. The molecule has 2 fully saturated rings. The highest BCUT2D eigenvalue weighted by Crippen LogP contribution is 2.28. The minimum atomic E-state index is -0.277. The molecule has 4 nitrogen and oxygen atoms in total. The monoisotopic (exact) mass is 213 g/mol. The summed E-state index contributed by atoms with van der Waals surface area (Å²) in [5.74, 6) is 0.530. The topological polar surface area (TPSA) is 47.6 Å². The zero-order chi connectivity index (χ0) is 10.7. The molecule has 4 heteroatoms. The van der Waals surface area contributed by atoms with Crippen LogP contribution in [0, 0.1) is 5.92 Å². The minimum absolute atomic E-state index is 0.210. The summed E-state index contributed by atoms with van der Waals surface area (Å²) in [5, 5.41) is 3.24. The molecule has 0 spiro atoms. The predicted molar refractivity (Wildman–Crippen MR) is 55.5 cm³/mol. The van der Waals surface area contributed by atoms with Crippen LogP contribution in [0.25, 0.3) is 0 Å². The van der Waals surface area contributed by atoms with E-state index in [-0.39, 0.29) is 12.0 Å². The molecule has 0 saturated heterocycles. The van der Waals surface area contributed by atoms with Crippen molar-refractivity contribution < 1.29 is 14.3 Å². The Kier molecular flexibility index (Phi) is 3.59. The molecule has 0 aromatic carbocycles. The van der Waals surface area contributed by atoms with Gasteiger partial charge in [0, 0.05) is 12.6 Å². The predicted octanol–water partition coefficient (Wildman–Crippen LogP) is 0.707. The van der Waals surface area contributed by atoms with Crippen molar-refractivity contribution in [3.63, 3.8) is 0 Å². The van der Waals surface area contributed by atoms with Crippen LogP contribution in [-0.4, -0.2) is 38.4 Å². The van der Waals surface area contributed by atoms with E-state index in [1.807, 2.05) is 0 Å². The lowest BCUT2D eigenvalue weighted by Gasteiger charge is -2.16. The van der Waals surface area contributed by atoms with Crippen LogP contribution in [0.2, 0.25) is 0 Å². The van der Waals surface area contributed by atoms with E-state index >= 15 is 0 Å². The van der Waals surface area contributed by atoms with Crippen LogP contribution in [-0.2, 0) is 14.3 Å². The molecule has 0 heterocycles. The smallest absolute Gasteiger partial charge is 0.325 e. The first-order valence-corrected chi connectivity index (χ1v) is 5.71. The molecule has 1 unspecified atom stereocenters. The normalized spacial score (nSPS) is 22.5. The van der Waals surface area contributed by atoms with Gasteiger partial charge in [-0.25, -0.2) is 0 Å². The van der Waals surface area contributed by atoms with Crippen LogP contribution in [0.1, 0.15) is 25.7 Å². The van der Waals surface area contributed by atoms with Gasteiger partial charge in [-0.1, -0.05) is 0 Å². The molecule has 2 rings (SSSR count). The van der Waals surface area contributed by atoms with Gasteiger partial charge in [0.25, 0.3) is 0 Å². The molecule has 86 valence electrons. The SMILES string of the molecule is COC(=O)C(COCC1CC1)NC1CC1. The maximum absolute atomic E-state index is 11.4. The van der Waals surface area contributed by atoms with Crippen molar-refractivity contribution in [1.82, 2.24) is 5.32 Å². The van der Waals surface area contributed by atoms with Crippen molar-refractivity contribution in [2.24, 2.45) is 5.92 Å². The fourth-order valence-corrected chi connectivity index (χ4v) is 1.50. The number of esters is 1. The molecule has 2 aliphatic carbocycles. The average molecular weight is 213 g/mol. The Bertz CT molecular complexity index is 224. The van der Waals surface area contributed by atoms with E-state index in [1.54, 1.807) is 0 Å². The van der Waals surface area contributed by atoms with Crippen LogP contribution in [0.4, 0.5) is 0 Å².